The first-order valence-electron chi connectivity index (χ1n) is 4.67. The minimum absolute atomic E-state index is 0.363. The highest BCUT2D eigenvalue weighted by atomic mass is 79.9. The Kier molecular flexibility index (Phi) is 3.41. The average Bonchev–Trinajstić information content (AvgIpc) is 2.28. The lowest BCUT2D eigenvalue weighted by Gasteiger charge is -2.10. The monoisotopic (exact) mass is 297 g/mol. The van der Waals surface area contributed by atoms with Crippen LogP contribution in [0, 0.1) is 6.92 Å². The van der Waals surface area contributed by atoms with Crippen molar-refractivity contribution < 1.29 is 0 Å². The summed E-state index contributed by atoms with van der Waals surface area (Å²) < 4.78 is 1.04. The number of anilines is 2. The van der Waals surface area contributed by atoms with E-state index in [0.717, 1.165) is 15.7 Å². The molecule has 0 radical (unpaired) electrons. The van der Waals surface area contributed by atoms with Gasteiger partial charge in [-0.15, -0.1) is 0 Å². The minimum Gasteiger partial charge on any atom is -0.337 e. The average molecular weight is 299 g/mol. The molecular formula is C11H9BrClN3. The second-order valence-electron chi connectivity index (χ2n) is 3.23. The third-order valence-electron chi connectivity index (χ3n) is 2.17. The summed E-state index contributed by atoms with van der Waals surface area (Å²) in [6.07, 6.45) is 3.16. The van der Waals surface area contributed by atoms with Crippen LogP contribution in [0.4, 0.5) is 11.5 Å². The second-order valence-corrected chi connectivity index (χ2v) is 4.45. The number of rotatable bonds is 2. The van der Waals surface area contributed by atoms with Crippen LogP contribution < -0.4 is 5.32 Å². The molecule has 5 heteroatoms. The Morgan fingerprint density at radius 3 is 2.75 bits per heavy atom. The van der Waals surface area contributed by atoms with Crippen molar-refractivity contribution in [2.45, 2.75) is 6.92 Å². The molecule has 2 rings (SSSR count). The molecule has 0 spiro atoms. The second kappa shape index (κ2) is 4.80. The topological polar surface area (TPSA) is 37.8 Å². The van der Waals surface area contributed by atoms with Gasteiger partial charge >= 0.3 is 0 Å². The van der Waals surface area contributed by atoms with Gasteiger partial charge in [-0.2, -0.15) is 0 Å². The number of nitrogens with one attached hydrogen (secondary N) is 1. The third kappa shape index (κ3) is 2.33. The molecule has 1 heterocycles. The van der Waals surface area contributed by atoms with Gasteiger partial charge in [0.05, 0.1) is 0 Å². The minimum atomic E-state index is 0.363. The van der Waals surface area contributed by atoms with Crippen LogP contribution in [-0.4, -0.2) is 9.97 Å². The van der Waals surface area contributed by atoms with Gasteiger partial charge in [-0.1, -0.05) is 33.6 Å². The predicted molar refractivity (Wildman–Crippen MR) is 69.2 cm³/mol. The van der Waals surface area contributed by atoms with Gasteiger partial charge < -0.3 is 5.32 Å². The largest absolute Gasteiger partial charge is 0.337 e. The van der Waals surface area contributed by atoms with Crippen molar-refractivity contribution in [1.82, 2.24) is 9.97 Å². The summed E-state index contributed by atoms with van der Waals surface area (Å²) >= 11 is 9.39. The van der Waals surface area contributed by atoms with Crippen LogP contribution in [0.25, 0.3) is 0 Å². The van der Waals surface area contributed by atoms with E-state index < -0.39 is 0 Å². The first kappa shape index (κ1) is 11.4. The van der Waals surface area contributed by atoms with Crippen LogP contribution in [0.1, 0.15) is 5.56 Å². The van der Waals surface area contributed by atoms with Crippen LogP contribution in [0.2, 0.25) is 5.15 Å². The lowest BCUT2D eigenvalue weighted by atomic mass is 10.2. The van der Waals surface area contributed by atoms with Crippen molar-refractivity contribution in [1.29, 1.82) is 0 Å². The molecule has 0 bridgehead atoms. The van der Waals surface area contributed by atoms with Crippen LogP contribution in [0.5, 0.6) is 0 Å². The molecule has 3 nitrogen and oxygen atoms in total. The summed E-state index contributed by atoms with van der Waals surface area (Å²) in [5.74, 6) is 0.561. The molecule has 0 fully saturated rings. The lowest BCUT2D eigenvalue weighted by Crippen LogP contribution is -1.97. The van der Waals surface area contributed by atoms with E-state index in [1.807, 2.05) is 25.1 Å². The molecule has 1 N–H and O–H groups in total. The summed E-state index contributed by atoms with van der Waals surface area (Å²) in [4.78, 5) is 8.08. The molecule has 2 aromatic rings. The molecule has 0 saturated carbocycles. The van der Waals surface area contributed by atoms with E-state index >= 15 is 0 Å². The van der Waals surface area contributed by atoms with Crippen molar-refractivity contribution >= 4 is 39.0 Å². The van der Waals surface area contributed by atoms with Crippen LogP contribution in [0.15, 0.2) is 35.1 Å². The van der Waals surface area contributed by atoms with Gasteiger partial charge in [0.2, 0.25) is 0 Å². The molecular weight excluding hydrogens is 289 g/mol. The molecule has 1 aromatic heterocycles. The Morgan fingerprint density at radius 1 is 1.25 bits per heavy atom. The maximum atomic E-state index is 5.92. The smallest absolute Gasteiger partial charge is 0.171 e. The maximum absolute atomic E-state index is 5.92. The molecule has 1 aromatic carbocycles. The van der Waals surface area contributed by atoms with Gasteiger partial charge in [0.25, 0.3) is 0 Å². The predicted octanol–water partition coefficient (Wildman–Crippen LogP) is 3.94. The van der Waals surface area contributed by atoms with Crippen molar-refractivity contribution in [2.75, 3.05) is 5.32 Å². The zero-order valence-electron chi connectivity index (χ0n) is 8.54. The Balaban J connectivity index is 2.35. The van der Waals surface area contributed by atoms with Gasteiger partial charge in [0, 0.05) is 22.6 Å². The van der Waals surface area contributed by atoms with Gasteiger partial charge in [-0.3, -0.25) is 0 Å². The molecule has 16 heavy (non-hydrogen) atoms. The molecule has 0 aliphatic carbocycles. The Labute approximate surface area is 107 Å². The summed E-state index contributed by atoms with van der Waals surface area (Å²) in [6.45, 7) is 2.01. The number of aromatic nitrogens is 2. The van der Waals surface area contributed by atoms with Crippen LogP contribution in [0.3, 0.4) is 0 Å². The summed E-state index contributed by atoms with van der Waals surface area (Å²) in [6, 6.07) is 5.90. The first-order chi connectivity index (χ1) is 7.68. The van der Waals surface area contributed by atoms with Crippen molar-refractivity contribution in [3.8, 4) is 0 Å². The molecule has 0 aliphatic heterocycles. The van der Waals surface area contributed by atoms with Crippen molar-refractivity contribution in [2.24, 2.45) is 0 Å². The number of hydrogen-bond donors (Lipinski definition) is 1. The van der Waals surface area contributed by atoms with E-state index in [2.05, 4.69) is 31.2 Å². The van der Waals surface area contributed by atoms with Gasteiger partial charge in [0.15, 0.2) is 11.0 Å². The molecule has 0 saturated heterocycles. The Hall–Kier alpha value is -1.13. The molecule has 0 atom stereocenters. The fraction of sp³-hybridized carbons (Fsp3) is 0.0909. The Morgan fingerprint density at radius 2 is 2.00 bits per heavy atom. The van der Waals surface area contributed by atoms with E-state index in [1.54, 1.807) is 12.4 Å². The highest BCUT2D eigenvalue weighted by Crippen LogP contribution is 2.27. The fourth-order valence-corrected chi connectivity index (χ4v) is 1.79. The zero-order valence-corrected chi connectivity index (χ0v) is 10.9. The molecule has 82 valence electrons. The summed E-state index contributed by atoms with van der Waals surface area (Å²) in [7, 11) is 0. The third-order valence-corrected chi connectivity index (χ3v) is 3.31. The number of halogens is 2. The quantitative estimate of drug-likeness (QED) is 0.912. The van der Waals surface area contributed by atoms with Crippen molar-refractivity contribution in [3.63, 3.8) is 0 Å². The lowest BCUT2D eigenvalue weighted by molar-refractivity contribution is 1.19. The maximum Gasteiger partial charge on any atom is 0.171 e. The van der Waals surface area contributed by atoms with E-state index in [0.29, 0.717) is 11.0 Å². The highest BCUT2D eigenvalue weighted by molar-refractivity contribution is 9.10. The highest BCUT2D eigenvalue weighted by Gasteiger charge is 2.05. The van der Waals surface area contributed by atoms with E-state index in [4.69, 9.17) is 11.6 Å². The van der Waals surface area contributed by atoms with Crippen LogP contribution in [-0.2, 0) is 0 Å². The Bertz CT molecular complexity index is 516. The fourth-order valence-electron chi connectivity index (χ4n) is 1.28. The molecule has 0 aliphatic rings. The number of benzene rings is 1. The summed E-state index contributed by atoms with van der Waals surface area (Å²) in [5.41, 5.74) is 2.06. The number of hydrogen-bond acceptors (Lipinski definition) is 3. The SMILES string of the molecule is Cc1c(Br)cccc1Nc1nccnc1Cl. The summed E-state index contributed by atoms with van der Waals surface area (Å²) in [5, 5.41) is 3.51. The molecule has 0 unspecified atom stereocenters. The van der Waals surface area contributed by atoms with E-state index in [-0.39, 0.29) is 0 Å². The number of nitrogens with zero attached hydrogens (tertiary/aromatic N) is 2. The zero-order chi connectivity index (χ0) is 11.5. The van der Waals surface area contributed by atoms with Gasteiger partial charge in [0.1, 0.15) is 0 Å². The van der Waals surface area contributed by atoms with Gasteiger partial charge in [-0.25, -0.2) is 9.97 Å². The van der Waals surface area contributed by atoms with E-state index in [1.165, 1.54) is 0 Å². The molecule has 0 amide bonds. The first-order valence-corrected chi connectivity index (χ1v) is 5.84. The normalized spacial score (nSPS) is 10.2. The van der Waals surface area contributed by atoms with Crippen LogP contribution >= 0.6 is 27.5 Å². The van der Waals surface area contributed by atoms with Gasteiger partial charge in [-0.05, 0) is 24.6 Å². The van der Waals surface area contributed by atoms with E-state index in [9.17, 15) is 0 Å². The standard InChI is InChI=1S/C11H9BrClN3/c1-7-8(12)3-2-4-9(7)16-11-10(13)14-5-6-15-11/h2-6H,1H3,(H,15,16). The van der Waals surface area contributed by atoms with Crippen molar-refractivity contribution in [3.05, 3.63) is 45.8 Å².